The predicted molar refractivity (Wildman–Crippen MR) is 79.5 cm³/mol. The Kier molecular flexibility index (Phi) is 4.87. The highest BCUT2D eigenvalue weighted by atomic mass is 35.5. The maximum atomic E-state index is 12.5. The smallest absolute Gasteiger partial charge is 0.417 e. The molecule has 8 heteroatoms. The van der Waals surface area contributed by atoms with Gasteiger partial charge in [0.05, 0.1) is 12.7 Å². The summed E-state index contributed by atoms with van der Waals surface area (Å²) in [6.07, 6.45) is -3.86. The van der Waals surface area contributed by atoms with Crippen LogP contribution in [0.5, 0.6) is 11.6 Å². The molecule has 0 unspecified atom stereocenters. The number of alkyl halides is 3. The minimum atomic E-state index is -4.51. The van der Waals surface area contributed by atoms with Crippen LogP contribution >= 0.6 is 23.8 Å². The number of thiocarbonyl (C=S) groups is 1. The number of halogens is 4. The van der Waals surface area contributed by atoms with Crippen LogP contribution in [0.4, 0.5) is 13.2 Å². The molecule has 1 aromatic carbocycles. The maximum absolute atomic E-state index is 12.5. The highest BCUT2D eigenvalue weighted by Crippen LogP contribution is 2.34. The number of aromatic nitrogens is 1. The lowest BCUT2D eigenvalue weighted by atomic mass is 10.2. The van der Waals surface area contributed by atoms with Crippen LogP contribution in [0.3, 0.4) is 0 Å². The number of methoxy groups -OCH3 is 1. The van der Waals surface area contributed by atoms with Gasteiger partial charge in [0.25, 0.3) is 0 Å². The van der Waals surface area contributed by atoms with Crippen molar-refractivity contribution in [2.75, 3.05) is 7.11 Å². The van der Waals surface area contributed by atoms with Crippen molar-refractivity contribution in [2.45, 2.75) is 6.18 Å². The second kappa shape index (κ2) is 6.50. The Bertz CT molecular complexity index is 707. The fourth-order valence-electron chi connectivity index (χ4n) is 1.57. The molecule has 1 aromatic heterocycles. The molecular weight excluding hydrogens is 339 g/mol. The van der Waals surface area contributed by atoms with Crippen LogP contribution < -0.4 is 4.74 Å². The molecule has 2 rings (SSSR count). The fourth-order valence-corrected chi connectivity index (χ4v) is 1.90. The van der Waals surface area contributed by atoms with Crippen LogP contribution in [0.1, 0.15) is 11.1 Å². The van der Waals surface area contributed by atoms with Crippen LogP contribution in [0, 0.1) is 0 Å². The van der Waals surface area contributed by atoms with Gasteiger partial charge in [0.2, 0.25) is 5.88 Å². The minimum Gasteiger partial charge on any atom is -0.486 e. The molecule has 0 atom stereocenters. The van der Waals surface area contributed by atoms with Crippen molar-refractivity contribution < 1.29 is 22.6 Å². The first-order chi connectivity index (χ1) is 10.3. The van der Waals surface area contributed by atoms with E-state index in [1.807, 2.05) is 0 Å². The van der Waals surface area contributed by atoms with Crippen molar-refractivity contribution in [1.82, 2.24) is 4.98 Å². The van der Waals surface area contributed by atoms with Crippen molar-refractivity contribution in [3.05, 3.63) is 52.7 Å². The lowest BCUT2D eigenvalue weighted by Gasteiger charge is -2.11. The van der Waals surface area contributed by atoms with Gasteiger partial charge in [-0.2, -0.15) is 13.2 Å². The third kappa shape index (κ3) is 3.86. The first-order valence-electron chi connectivity index (χ1n) is 5.90. The predicted octanol–water partition coefficient (Wildman–Crippen LogP) is 4.87. The van der Waals surface area contributed by atoms with Gasteiger partial charge in [0, 0.05) is 11.8 Å². The average Bonchev–Trinajstić information content (AvgIpc) is 2.47. The topological polar surface area (TPSA) is 31.4 Å². The van der Waals surface area contributed by atoms with E-state index in [0.29, 0.717) is 17.5 Å². The number of ether oxygens (including phenoxy) is 2. The Balaban J connectivity index is 2.26. The third-order valence-electron chi connectivity index (χ3n) is 2.60. The molecule has 0 amide bonds. The van der Waals surface area contributed by atoms with E-state index in [1.165, 1.54) is 7.11 Å². The zero-order chi connectivity index (χ0) is 16.3. The molecule has 0 bridgehead atoms. The van der Waals surface area contributed by atoms with Gasteiger partial charge in [-0.1, -0.05) is 23.7 Å². The molecule has 0 radical (unpaired) electrons. The molecule has 3 nitrogen and oxygen atoms in total. The Morgan fingerprint density at radius 3 is 2.59 bits per heavy atom. The maximum Gasteiger partial charge on any atom is 0.417 e. The second-order valence-electron chi connectivity index (χ2n) is 4.13. The summed E-state index contributed by atoms with van der Waals surface area (Å²) in [4.78, 5) is 3.60. The SMILES string of the molecule is COC(=S)c1cccc(Oc2ncc(C(F)(F)F)cc2Cl)c1. The summed E-state index contributed by atoms with van der Waals surface area (Å²) in [7, 11) is 1.43. The third-order valence-corrected chi connectivity index (χ3v) is 3.28. The Morgan fingerprint density at radius 1 is 1.27 bits per heavy atom. The molecule has 0 aliphatic carbocycles. The summed E-state index contributed by atoms with van der Waals surface area (Å²) in [6, 6.07) is 7.29. The molecule has 0 saturated heterocycles. The van der Waals surface area contributed by atoms with Gasteiger partial charge < -0.3 is 9.47 Å². The number of nitrogens with zero attached hydrogens (tertiary/aromatic N) is 1. The van der Waals surface area contributed by atoms with Crippen molar-refractivity contribution >= 4 is 28.9 Å². The van der Waals surface area contributed by atoms with Gasteiger partial charge in [-0.25, -0.2) is 4.98 Å². The van der Waals surface area contributed by atoms with Gasteiger partial charge in [-0.05, 0) is 30.4 Å². The Labute approximate surface area is 134 Å². The summed E-state index contributed by atoms with van der Waals surface area (Å²) in [5.41, 5.74) is -0.350. The fraction of sp³-hybridized carbons (Fsp3) is 0.143. The molecule has 0 fully saturated rings. The zero-order valence-corrected chi connectivity index (χ0v) is 12.7. The van der Waals surface area contributed by atoms with Crippen LogP contribution in [-0.2, 0) is 10.9 Å². The van der Waals surface area contributed by atoms with Crippen LogP contribution in [0.2, 0.25) is 5.02 Å². The molecule has 0 N–H and O–H groups in total. The monoisotopic (exact) mass is 347 g/mol. The second-order valence-corrected chi connectivity index (χ2v) is 4.91. The number of pyridine rings is 1. The summed E-state index contributed by atoms with van der Waals surface area (Å²) in [5, 5.41) is 0.0199. The van der Waals surface area contributed by atoms with Crippen LogP contribution in [-0.4, -0.2) is 17.1 Å². The van der Waals surface area contributed by atoms with Crippen molar-refractivity contribution in [3.8, 4) is 11.6 Å². The summed E-state index contributed by atoms with van der Waals surface area (Å²) >= 11 is 10.8. The largest absolute Gasteiger partial charge is 0.486 e. The number of rotatable bonds is 3. The van der Waals surface area contributed by atoms with Crippen LogP contribution in [0.25, 0.3) is 0 Å². The number of benzene rings is 1. The number of hydrogen-bond acceptors (Lipinski definition) is 4. The highest BCUT2D eigenvalue weighted by molar-refractivity contribution is 7.80. The Hall–Kier alpha value is -1.86. The van der Waals surface area contributed by atoms with Gasteiger partial charge >= 0.3 is 6.18 Å². The normalized spacial score (nSPS) is 11.1. The average molecular weight is 348 g/mol. The van der Waals surface area contributed by atoms with Gasteiger partial charge in [-0.3, -0.25) is 0 Å². The molecule has 116 valence electrons. The molecule has 1 heterocycles. The van der Waals surface area contributed by atoms with Crippen molar-refractivity contribution in [2.24, 2.45) is 0 Å². The zero-order valence-electron chi connectivity index (χ0n) is 11.1. The van der Waals surface area contributed by atoms with E-state index in [2.05, 4.69) is 4.98 Å². The summed E-state index contributed by atoms with van der Waals surface area (Å²) in [5.74, 6) is 0.196. The molecule has 22 heavy (non-hydrogen) atoms. The molecule has 0 aliphatic heterocycles. The molecule has 0 spiro atoms. The van der Waals surface area contributed by atoms with Gasteiger partial charge in [0.15, 0.2) is 5.05 Å². The molecule has 0 aliphatic rings. The standard InChI is InChI=1S/C14H9ClF3NO2S/c1-20-13(22)8-3-2-4-10(5-8)21-12-11(15)6-9(7-19-12)14(16,17)18/h2-7H,1H3. The van der Waals surface area contributed by atoms with Crippen molar-refractivity contribution in [1.29, 1.82) is 0 Å². The van der Waals surface area contributed by atoms with Gasteiger partial charge in [-0.15, -0.1) is 0 Å². The van der Waals surface area contributed by atoms with Crippen molar-refractivity contribution in [3.63, 3.8) is 0 Å². The van der Waals surface area contributed by atoms with E-state index in [4.69, 9.17) is 33.3 Å². The minimum absolute atomic E-state index is 0.129. The van der Waals surface area contributed by atoms with E-state index in [1.54, 1.807) is 24.3 Å². The van der Waals surface area contributed by atoms with Crippen LogP contribution in [0.15, 0.2) is 36.5 Å². The quantitative estimate of drug-likeness (QED) is 0.741. The first kappa shape index (κ1) is 16.5. The van der Waals surface area contributed by atoms with E-state index in [9.17, 15) is 13.2 Å². The van der Waals surface area contributed by atoms with Gasteiger partial charge in [0.1, 0.15) is 10.8 Å². The number of hydrogen-bond donors (Lipinski definition) is 0. The molecule has 0 saturated carbocycles. The highest BCUT2D eigenvalue weighted by Gasteiger charge is 2.31. The molecule has 2 aromatic rings. The van der Waals surface area contributed by atoms with E-state index in [-0.39, 0.29) is 16.0 Å². The van der Waals surface area contributed by atoms with E-state index < -0.39 is 11.7 Å². The lowest BCUT2D eigenvalue weighted by molar-refractivity contribution is -0.137. The summed E-state index contributed by atoms with van der Waals surface area (Å²) < 4.78 is 47.9. The van der Waals surface area contributed by atoms with E-state index >= 15 is 0 Å². The Morgan fingerprint density at radius 2 is 2.00 bits per heavy atom. The first-order valence-corrected chi connectivity index (χ1v) is 6.69. The molecular formula is C14H9ClF3NO2S. The lowest BCUT2D eigenvalue weighted by Crippen LogP contribution is -2.06. The van der Waals surface area contributed by atoms with E-state index in [0.717, 1.165) is 6.07 Å². The summed E-state index contributed by atoms with van der Waals surface area (Å²) in [6.45, 7) is 0.